The Hall–Kier alpha value is -5.40. The highest BCUT2D eigenvalue weighted by molar-refractivity contribution is 5.99. The summed E-state index contributed by atoms with van der Waals surface area (Å²) >= 11 is 0. The minimum absolute atomic E-state index is 0.00709. The molecule has 1 unspecified atom stereocenters. The van der Waals surface area contributed by atoms with Gasteiger partial charge in [0.05, 0.1) is 35.3 Å². The van der Waals surface area contributed by atoms with E-state index in [1.54, 1.807) is 0 Å². The van der Waals surface area contributed by atoms with Crippen molar-refractivity contribution in [1.82, 2.24) is 18.9 Å². The number of nitriles is 2. The van der Waals surface area contributed by atoms with Crippen molar-refractivity contribution in [2.45, 2.75) is 41.0 Å². The van der Waals surface area contributed by atoms with Crippen molar-refractivity contribution in [2.75, 3.05) is 4.90 Å². The van der Waals surface area contributed by atoms with Crippen LogP contribution < -0.4 is 4.90 Å². The van der Waals surface area contributed by atoms with E-state index in [1.807, 2.05) is 59.5 Å². The van der Waals surface area contributed by atoms with Gasteiger partial charge in [0, 0.05) is 33.7 Å². The number of anilines is 3. The Bertz CT molecular complexity index is 2130. The van der Waals surface area contributed by atoms with Crippen LogP contribution in [0, 0.1) is 56.3 Å². The molecule has 1 atom stereocenters. The molecule has 7 heteroatoms. The molecule has 42 heavy (non-hydrogen) atoms. The Labute approximate surface area is 244 Å². The Kier molecular flexibility index (Phi) is 5.68. The number of pyridine rings is 1. The minimum atomic E-state index is 0.00709. The third-order valence-corrected chi connectivity index (χ3v) is 8.61. The number of imidazole rings is 2. The number of hydrogen-bond donors (Lipinski definition) is 0. The number of allylic oxidation sites excluding steroid dienone is 6. The van der Waals surface area contributed by atoms with Crippen molar-refractivity contribution in [3.8, 4) is 12.1 Å². The van der Waals surface area contributed by atoms with E-state index in [0.29, 0.717) is 11.4 Å². The van der Waals surface area contributed by atoms with Crippen LogP contribution in [0.4, 0.5) is 17.3 Å². The van der Waals surface area contributed by atoms with Gasteiger partial charge >= 0.3 is 0 Å². The highest BCUT2D eigenvalue weighted by atomic mass is 15.3. The van der Waals surface area contributed by atoms with Gasteiger partial charge in [0.2, 0.25) is 0 Å². The third kappa shape index (κ3) is 3.57. The van der Waals surface area contributed by atoms with E-state index in [1.165, 1.54) is 5.56 Å². The van der Waals surface area contributed by atoms with Crippen molar-refractivity contribution in [3.63, 3.8) is 0 Å². The molecule has 0 fully saturated rings. The number of aryl methyl sites for hydroxylation is 4. The predicted molar refractivity (Wildman–Crippen MR) is 167 cm³/mol. The summed E-state index contributed by atoms with van der Waals surface area (Å²) in [4.78, 5) is 12.6. The van der Waals surface area contributed by atoms with Gasteiger partial charge in [0.15, 0.2) is 11.6 Å². The van der Waals surface area contributed by atoms with E-state index in [9.17, 15) is 10.5 Å². The maximum absolute atomic E-state index is 10.1. The summed E-state index contributed by atoms with van der Waals surface area (Å²) in [5.41, 5.74) is 9.41. The molecule has 1 aliphatic heterocycles. The molecule has 0 saturated heterocycles. The van der Waals surface area contributed by atoms with E-state index >= 15 is 0 Å². The molecule has 2 aliphatic rings. The molecule has 7 rings (SSSR count). The topological polar surface area (TPSA) is 85.9 Å². The number of fused-ring (bicyclic) bond motifs is 6. The highest BCUT2D eigenvalue weighted by Gasteiger charge is 2.34. The Morgan fingerprint density at radius 3 is 2.33 bits per heavy atom. The van der Waals surface area contributed by atoms with Gasteiger partial charge in [0.25, 0.3) is 0 Å². The lowest BCUT2D eigenvalue weighted by Crippen LogP contribution is -2.19. The molecule has 0 saturated carbocycles. The van der Waals surface area contributed by atoms with Gasteiger partial charge in [-0.3, -0.25) is 4.90 Å². The molecule has 0 amide bonds. The van der Waals surface area contributed by atoms with E-state index in [2.05, 4.69) is 68.2 Å². The first-order chi connectivity index (χ1) is 20.3. The second kappa shape index (κ2) is 9.33. The lowest BCUT2D eigenvalue weighted by molar-refractivity contribution is 0.765. The lowest BCUT2D eigenvalue weighted by Gasteiger charge is -2.27. The van der Waals surface area contributed by atoms with Crippen LogP contribution >= 0.6 is 0 Å². The summed E-state index contributed by atoms with van der Waals surface area (Å²) in [7, 11) is 0. The summed E-state index contributed by atoms with van der Waals surface area (Å²) < 4.78 is 4.06. The summed E-state index contributed by atoms with van der Waals surface area (Å²) in [6, 6.07) is 17.2. The van der Waals surface area contributed by atoms with E-state index in [0.717, 1.165) is 73.8 Å². The standard InChI is InChI=1S/C35H29N7/c1-20-14-21(2)33(22(3)15-20)42(31-18-40-23(4)29(16-36)25-10-6-8-12-27(25)34(40)38-31)32-19-41-24(5)30(17-37)26-11-7-9-13-28(26)35(41)39-32/h6-10,12-15,18-19,26H,11H2,1-5H3. The lowest BCUT2D eigenvalue weighted by atomic mass is 9.82. The summed E-state index contributed by atoms with van der Waals surface area (Å²) in [6.07, 6.45) is 11.1. The zero-order valence-corrected chi connectivity index (χ0v) is 24.3. The minimum Gasteiger partial charge on any atom is -0.301 e. The Morgan fingerprint density at radius 2 is 1.62 bits per heavy atom. The maximum atomic E-state index is 10.1. The molecule has 0 N–H and O–H groups in total. The van der Waals surface area contributed by atoms with E-state index < -0.39 is 0 Å². The smallest absolute Gasteiger partial charge is 0.158 e. The number of hydrogen-bond acceptors (Lipinski definition) is 5. The number of rotatable bonds is 3. The zero-order chi connectivity index (χ0) is 29.3. The van der Waals surface area contributed by atoms with Crippen molar-refractivity contribution >= 4 is 45.0 Å². The summed E-state index contributed by atoms with van der Waals surface area (Å²) in [5.74, 6) is 2.28. The first kappa shape index (κ1) is 25.6. The van der Waals surface area contributed by atoms with Gasteiger partial charge in [-0.2, -0.15) is 10.5 Å². The molecular formula is C35H29N7. The van der Waals surface area contributed by atoms with Crippen molar-refractivity contribution in [2.24, 2.45) is 5.92 Å². The number of nitrogens with zero attached hydrogens (tertiary/aromatic N) is 7. The van der Waals surface area contributed by atoms with E-state index in [-0.39, 0.29) is 5.92 Å². The van der Waals surface area contributed by atoms with Gasteiger partial charge in [-0.15, -0.1) is 0 Å². The number of benzene rings is 2. The van der Waals surface area contributed by atoms with Gasteiger partial charge in [-0.1, -0.05) is 60.2 Å². The first-order valence-corrected chi connectivity index (χ1v) is 14.1. The fraction of sp³-hybridized carbons (Fsp3) is 0.200. The monoisotopic (exact) mass is 547 g/mol. The van der Waals surface area contributed by atoms with E-state index in [4.69, 9.17) is 9.97 Å². The molecule has 2 aromatic carbocycles. The predicted octanol–water partition coefficient (Wildman–Crippen LogP) is 7.99. The second-order valence-corrected chi connectivity index (χ2v) is 11.2. The molecule has 5 aromatic rings. The van der Waals surface area contributed by atoms with Gasteiger partial charge in [-0.25, -0.2) is 9.97 Å². The fourth-order valence-electron chi connectivity index (χ4n) is 6.75. The van der Waals surface area contributed by atoms with Crippen LogP contribution in [0.25, 0.3) is 27.7 Å². The average Bonchev–Trinajstić information content (AvgIpc) is 3.62. The van der Waals surface area contributed by atoms with Gasteiger partial charge < -0.3 is 8.97 Å². The Balaban J connectivity index is 1.54. The van der Waals surface area contributed by atoms with Crippen LogP contribution in [0.2, 0.25) is 0 Å². The Morgan fingerprint density at radius 1 is 0.905 bits per heavy atom. The number of aromatic nitrogens is 4. The van der Waals surface area contributed by atoms with Crippen molar-refractivity contribution in [1.29, 1.82) is 10.5 Å². The van der Waals surface area contributed by atoms with Gasteiger partial charge in [0.1, 0.15) is 17.5 Å². The van der Waals surface area contributed by atoms with Crippen molar-refractivity contribution in [3.05, 3.63) is 106 Å². The fourth-order valence-corrected chi connectivity index (χ4v) is 6.75. The molecule has 7 nitrogen and oxygen atoms in total. The molecule has 3 aromatic heterocycles. The average molecular weight is 548 g/mol. The van der Waals surface area contributed by atoms with Crippen LogP contribution in [0.3, 0.4) is 0 Å². The molecule has 4 heterocycles. The molecular weight excluding hydrogens is 518 g/mol. The second-order valence-electron chi connectivity index (χ2n) is 11.2. The van der Waals surface area contributed by atoms with Crippen LogP contribution in [0.1, 0.15) is 47.1 Å². The first-order valence-electron chi connectivity index (χ1n) is 14.1. The highest BCUT2D eigenvalue weighted by Crippen LogP contribution is 2.45. The van der Waals surface area contributed by atoms with Crippen LogP contribution in [0.5, 0.6) is 0 Å². The largest absolute Gasteiger partial charge is 0.301 e. The quantitative estimate of drug-likeness (QED) is 0.228. The normalized spacial score (nSPS) is 15.8. The maximum Gasteiger partial charge on any atom is 0.158 e. The summed E-state index contributed by atoms with van der Waals surface area (Å²) in [6.45, 7) is 10.3. The third-order valence-electron chi connectivity index (χ3n) is 8.61. The molecule has 0 bridgehead atoms. The van der Waals surface area contributed by atoms with Crippen LogP contribution in [-0.4, -0.2) is 18.9 Å². The molecule has 0 radical (unpaired) electrons. The summed E-state index contributed by atoms with van der Waals surface area (Å²) in [5, 5.41) is 22.0. The van der Waals surface area contributed by atoms with Crippen LogP contribution in [-0.2, 0) is 0 Å². The molecule has 204 valence electrons. The van der Waals surface area contributed by atoms with Gasteiger partial charge in [-0.05, 0) is 52.2 Å². The zero-order valence-electron chi connectivity index (χ0n) is 24.3. The molecule has 1 aliphatic carbocycles. The van der Waals surface area contributed by atoms with Crippen LogP contribution in [0.15, 0.2) is 72.6 Å². The SMILES string of the molecule is CC1=C(C#N)C2CC=CC=C2c2nc(N(c3cn4c(C)c(C#N)c5ccccc5c4n3)c3c(C)cc(C)cc3C)cn21. The van der Waals surface area contributed by atoms with Crippen molar-refractivity contribution < 1.29 is 0 Å². The molecule has 0 spiro atoms.